The van der Waals surface area contributed by atoms with Crippen LogP contribution < -0.4 is 9.64 Å². The van der Waals surface area contributed by atoms with E-state index < -0.39 is 0 Å². The van der Waals surface area contributed by atoms with Crippen LogP contribution in [0.2, 0.25) is 0 Å². The lowest BCUT2D eigenvalue weighted by Crippen LogP contribution is -2.35. The lowest BCUT2D eigenvalue weighted by Gasteiger charge is -2.24. The standard InChI is InChI=1S/C18H25N5O2/c1-18(2)12-22(16-11-25-10-15(16)18)17-19-20-21-23(17)9-8-13-4-6-14(24-3)7-5-13/h4-7,15-16H,8-12H2,1-3H3/t15-,16+/m1/s1. The largest absolute Gasteiger partial charge is 0.497 e. The van der Waals surface area contributed by atoms with Gasteiger partial charge in [0.2, 0.25) is 5.95 Å². The van der Waals surface area contributed by atoms with Gasteiger partial charge in [-0.1, -0.05) is 31.1 Å². The first-order valence-corrected chi connectivity index (χ1v) is 8.82. The summed E-state index contributed by atoms with van der Waals surface area (Å²) in [6, 6.07) is 8.52. The van der Waals surface area contributed by atoms with Gasteiger partial charge < -0.3 is 14.4 Å². The molecule has 0 unspecified atom stereocenters. The molecule has 25 heavy (non-hydrogen) atoms. The highest BCUT2D eigenvalue weighted by Gasteiger charge is 2.51. The highest BCUT2D eigenvalue weighted by atomic mass is 16.5. The fraction of sp³-hybridized carbons (Fsp3) is 0.611. The van der Waals surface area contributed by atoms with Crippen LogP contribution in [-0.2, 0) is 17.7 Å². The Morgan fingerprint density at radius 1 is 1.24 bits per heavy atom. The Labute approximate surface area is 147 Å². The number of benzene rings is 1. The van der Waals surface area contributed by atoms with E-state index in [1.54, 1.807) is 7.11 Å². The Hall–Kier alpha value is -2.15. The summed E-state index contributed by atoms with van der Waals surface area (Å²) in [5, 5.41) is 12.5. The quantitative estimate of drug-likeness (QED) is 0.825. The molecule has 2 aliphatic rings. The van der Waals surface area contributed by atoms with E-state index in [1.165, 1.54) is 5.56 Å². The zero-order chi connectivity index (χ0) is 17.4. The van der Waals surface area contributed by atoms with Crippen LogP contribution in [0.25, 0.3) is 0 Å². The maximum atomic E-state index is 5.74. The van der Waals surface area contributed by atoms with E-state index in [1.807, 2.05) is 16.8 Å². The summed E-state index contributed by atoms with van der Waals surface area (Å²) in [6.45, 7) is 7.94. The van der Waals surface area contributed by atoms with E-state index in [9.17, 15) is 0 Å². The van der Waals surface area contributed by atoms with Crippen molar-refractivity contribution in [3.63, 3.8) is 0 Å². The molecule has 0 amide bonds. The summed E-state index contributed by atoms with van der Waals surface area (Å²) >= 11 is 0. The minimum atomic E-state index is 0.216. The third-order valence-electron chi connectivity index (χ3n) is 5.57. The number of methoxy groups -OCH3 is 1. The van der Waals surface area contributed by atoms with Gasteiger partial charge in [-0.15, -0.1) is 0 Å². The summed E-state index contributed by atoms with van der Waals surface area (Å²) < 4.78 is 12.9. The maximum absolute atomic E-state index is 5.74. The number of rotatable bonds is 5. The van der Waals surface area contributed by atoms with Crippen LogP contribution >= 0.6 is 0 Å². The lowest BCUT2D eigenvalue weighted by molar-refractivity contribution is 0.149. The fourth-order valence-corrected chi connectivity index (χ4v) is 4.07. The van der Waals surface area contributed by atoms with Crippen LogP contribution in [0.4, 0.5) is 5.95 Å². The number of fused-ring (bicyclic) bond motifs is 1. The second kappa shape index (κ2) is 6.29. The monoisotopic (exact) mass is 343 g/mol. The molecule has 0 saturated carbocycles. The molecular weight excluding hydrogens is 318 g/mol. The van der Waals surface area contributed by atoms with Crippen molar-refractivity contribution in [2.75, 3.05) is 31.8 Å². The van der Waals surface area contributed by atoms with E-state index in [2.05, 4.69) is 46.4 Å². The van der Waals surface area contributed by atoms with Crippen LogP contribution in [0.15, 0.2) is 24.3 Å². The van der Waals surface area contributed by atoms with Gasteiger partial charge in [0, 0.05) is 12.5 Å². The Bertz CT molecular complexity index is 727. The molecular formula is C18H25N5O2. The average Bonchev–Trinajstić information content (AvgIpc) is 3.31. The maximum Gasteiger partial charge on any atom is 0.245 e. The molecule has 2 fully saturated rings. The third-order valence-corrected chi connectivity index (χ3v) is 5.57. The van der Waals surface area contributed by atoms with Crippen LogP contribution in [-0.4, -0.2) is 53.1 Å². The second-order valence-electron chi connectivity index (χ2n) is 7.63. The number of hydrogen-bond acceptors (Lipinski definition) is 6. The smallest absolute Gasteiger partial charge is 0.245 e. The Morgan fingerprint density at radius 3 is 2.80 bits per heavy atom. The van der Waals surface area contributed by atoms with Crippen molar-refractivity contribution in [1.82, 2.24) is 20.2 Å². The van der Waals surface area contributed by atoms with Crippen LogP contribution in [0, 0.1) is 11.3 Å². The van der Waals surface area contributed by atoms with E-state index in [-0.39, 0.29) is 5.41 Å². The first-order chi connectivity index (χ1) is 12.1. The van der Waals surface area contributed by atoms with E-state index in [0.717, 1.165) is 44.4 Å². The van der Waals surface area contributed by atoms with Crippen molar-refractivity contribution in [3.8, 4) is 5.75 Å². The predicted molar refractivity (Wildman–Crippen MR) is 93.7 cm³/mol. The molecule has 7 nitrogen and oxygen atoms in total. The summed E-state index contributed by atoms with van der Waals surface area (Å²) in [5.41, 5.74) is 1.46. The van der Waals surface area contributed by atoms with Gasteiger partial charge in [0.25, 0.3) is 0 Å². The minimum Gasteiger partial charge on any atom is -0.497 e. The minimum absolute atomic E-state index is 0.216. The molecule has 2 aliphatic heterocycles. The van der Waals surface area contributed by atoms with Crippen molar-refractivity contribution in [2.24, 2.45) is 11.3 Å². The Morgan fingerprint density at radius 2 is 2.04 bits per heavy atom. The number of tetrazole rings is 1. The zero-order valence-electron chi connectivity index (χ0n) is 15.1. The van der Waals surface area contributed by atoms with E-state index in [4.69, 9.17) is 9.47 Å². The van der Waals surface area contributed by atoms with Gasteiger partial charge in [0.15, 0.2) is 0 Å². The van der Waals surface area contributed by atoms with E-state index in [0.29, 0.717) is 12.0 Å². The number of hydrogen-bond donors (Lipinski definition) is 0. The zero-order valence-corrected chi connectivity index (χ0v) is 15.1. The molecule has 3 heterocycles. The summed E-state index contributed by atoms with van der Waals surface area (Å²) in [4.78, 5) is 2.34. The van der Waals surface area contributed by atoms with Crippen molar-refractivity contribution < 1.29 is 9.47 Å². The van der Waals surface area contributed by atoms with Crippen LogP contribution in [0.5, 0.6) is 5.75 Å². The molecule has 2 saturated heterocycles. The van der Waals surface area contributed by atoms with Crippen LogP contribution in [0.1, 0.15) is 19.4 Å². The summed E-state index contributed by atoms with van der Waals surface area (Å²) in [5.74, 6) is 2.28. The summed E-state index contributed by atoms with van der Waals surface area (Å²) in [7, 11) is 1.68. The van der Waals surface area contributed by atoms with Crippen molar-refractivity contribution >= 4 is 5.95 Å². The first-order valence-electron chi connectivity index (χ1n) is 8.82. The van der Waals surface area contributed by atoms with Gasteiger partial charge in [-0.25, -0.2) is 4.68 Å². The Kier molecular flexibility index (Phi) is 4.11. The number of anilines is 1. The van der Waals surface area contributed by atoms with Crippen molar-refractivity contribution in [3.05, 3.63) is 29.8 Å². The SMILES string of the molecule is COc1ccc(CCn2nnnc2N2CC(C)(C)[C@@H]3COC[C@@H]32)cc1. The van der Waals surface area contributed by atoms with Gasteiger partial charge in [0.05, 0.1) is 32.9 Å². The van der Waals surface area contributed by atoms with E-state index >= 15 is 0 Å². The molecule has 2 aromatic rings. The number of aryl methyl sites for hydroxylation is 2. The van der Waals surface area contributed by atoms with Crippen molar-refractivity contribution in [2.45, 2.75) is 32.9 Å². The van der Waals surface area contributed by atoms with Crippen molar-refractivity contribution in [1.29, 1.82) is 0 Å². The second-order valence-corrected chi connectivity index (χ2v) is 7.63. The molecule has 0 aliphatic carbocycles. The Balaban J connectivity index is 1.49. The molecule has 0 radical (unpaired) electrons. The molecule has 2 atom stereocenters. The predicted octanol–water partition coefficient (Wildman–Crippen LogP) is 1.79. The molecule has 7 heteroatoms. The van der Waals surface area contributed by atoms with Gasteiger partial charge in [-0.2, -0.15) is 0 Å². The first kappa shape index (κ1) is 16.3. The summed E-state index contributed by atoms with van der Waals surface area (Å²) in [6.07, 6.45) is 0.879. The molecule has 1 aromatic heterocycles. The molecule has 134 valence electrons. The van der Waals surface area contributed by atoms with Gasteiger partial charge in [-0.05, 0) is 40.0 Å². The molecule has 0 N–H and O–H groups in total. The lowest BCUT2D eigenvalue weighted by atomic mass is 9.80. The van der Waals surface area contributed by atoms with Gasteiger partial charge in [0.1, 0.15) is 5.75 Å². The average molecular weight is 343 g/mol. The van der Waals surface area contributed by atoms with Gasteiger partial charge >= 0.3 is 0 Å². The highest BCUT2D eigenvalue weighted by Crippen LogP contribution is 2.44. The number of nitrogens with zero attached hydrogens (tertiary/aromatic N) is 5. The topological polar surface area (TPSA) is 65.3 Å². The molecule has 4 rings (SSSR count). The molecule has 0 spiro atoms. The highest BCUT2D eigenvalue weighted by molar-refractivity contribution is 5.36. The number of aromatic nitrogens is 4. The molecule has 1 aromatic carbocycles. The van der Waals surface area contributed by atoms with Crippen LogP contribution in [0.3, 0.4) is 0 Å². The fourth-order valence-electron chi connectivity index (χ4n) is 4.07. The normalized spacial score (nSPS) is 24.5. The number of ether oxygens (including phenoxy) is 2. The molecule has 0 bridgehead atoms. The third kappa shape index (κ3) is 2.97. The van der Waals surface area contributed by atoms with Gasteiger partial charge in [-0.3, -0.25) is 0 Å².